The number of rotatable bonds is 5. The van der Waals surface area contributed by atoms with E-state index in [1.54, 1.807) is 0 Å². The molecular weight excluding hydrogens is 196 g/mol. The number of hydrogen-bond donors (Lipinski definition) is 1. The van der Waals surface area contributed by atoms with Crippen LogP contribution in [0.2, 0.25) is 0 Å². The van der Waals surface area contributed by atoms with E-state index in [1.165, 1.54) is 11.3 Å². The summed E-state index contributed by atoms with van der Waals surface area (Å²) in [7, 11) is 0. The molecular formula is C14H24N2. The topological polar surface area (TPSA) is 24.9 Å². The molecule has 16 heavy (non-hydrogen) atoms. The van der Waals surface area contributed by atoms with Gasteiger partial charge in [0, 0.05) is 17.9 Å². The highest BCUT2D eigenvalue weighted by atomic mass is 14.9. The van der Waals surface area contributed by atoms with Crippen LogP contribution in [0.3, 0.4) is 0 Å². The summed E-state index contributed by atoms with van der Waals surface area (Å²) >= 11 is 0. The fourth-order valence-corrected chi connectivity index (χ4v) is 1.61. The summed E-state index contributed by atoms with van der Waals surface area (Å²) in [5.41, 5.74) is 3.65. The van der Waals surface area contributed by atoms with E-state index in [0.29, 0.717) is 11.8 Å². The lowest BCUT2D eigenvalue weighted by Crippen LogP contribution is -2.19. The minimum atomic E-state index is 0.511. The van der Waals surface area contributed by atoms with Crippen molar-refractivity contribution in [3.8, 4) is 0 Å². The Morgan fingerprint density at radius 3 is 2.38 bits per heavy atom. The smallest absolute Gasteiger partial charge is 0.0432 e. The summed E-state index contributed by atoms with van der Waals surface area (Å²) in [4.78, 5) is 4.63. The van der Waals surface area contributed by atoms with Crippen molar-refractivity contribution in [3.63, 3.8) is 0 Å². The average molecular weight is 220 g/mol. The van der Waals surface area contributed by atoms with Crippen LogP contribution in [0.15, 0.2) is 12.1 Å². The fraction of sp³-hybridized carbons (Fsp3) is 0.643. The summed E-state index contributed by atoms with van der Waals surface area (Å²) < 4.78 is 0. The Bertz CT molecular complexity index is 330. The molecule has 0 bridgehead atoms. The van der Waals surface area contributed by atoms with Crippen molar-refractivity contribution in [1.29, 1.82) is 0 Å². The summed E-state index contributed by atoms with van der Waals surface area (Å²) in [5, 5.41) is 3.45. The predicted octanol–water partition coefficient (Wildman–Crippen LogP) is 3.26. The number of aryl methyl sites for hydroxylation is 1. The van der Waals surface area contributed by atoms with E-state index in [-0.39, 0.29) is 0 Å². The van der Waals surface area contributed by atoms with Crippen LogP contribution in [0.25, 0.3) is 0 Å². The molecule has 90 valence electrons. The average Bonchev–Trinajstić information content (AvgIpc) is 2.19. The Hall–Kier alpha value is -0.890. The van der Waals surface area contributed by atoms with Crippen molar-refractivity contribution in [2.45, 2.75) is 47.1 Å². The molecule has 1 aromatic rings. The second kappa shape index (κ2) is 6.00. The van der Waals surface area contributed by atoms with Crippen molar-refractivity contribution in [2.24, 2.45) is 5.92 Å². The summed E-state index contributed by atoms with van der Waals surface area (Å²) in [6.07, 6.45) is 0. The molecule has 0 saturated carbocycles. The van der Waals surface area contributed by atoms with Gasteiger partial charge in [-0.2, -0.15) is 0 Å². The van der Waals surface area contributed by atoms with Gasteiger partial charge in [-0.15, -0.1) is 0 Å². The van der Waals surface area contributed by atoms with Gasteiger partial charge in [-0.1, -0.05) is 33.8 Å². The SMILES string of the molecule is Cc1nc(C(C)C)ccc1CNCC(C)C. The zero-order valence-electron chi connectivity index (χ0n) is 11.2. The molecule has 0 unspecified atom stereocenters. The molecule has 2 nitrogen and oxygen atoms in total. The van der Waals surface area contributed by atoms with E-state index in [2.05, 4.69) is 57.1 Å². The monoisotopic (exact) mass is 220 g/mol. The van der Waals surface area contributed by atoms with Gasteiger partial charge in [0.15, 0.2) is 0 Å². The summed E-state index contributed by atoms with van der Waals surface area (Å²) in [6.45, 7) is 12.9. The van der Waals surface area contributed by atoms with Gasteiger partial charge in [0.05, 0.1) is 0 Å². The van der Waals surface area contributed by atoms with Gasteiger partial charge in [-0.05, 0) is 36.9 Å². The zero-order chi connectivity index (χ0) is 12.1. The van der Waals surface area contributed by atoms with E-state index in [4.69, 9.17) is 0 Å². The standard InChI is InChI=1S/C14H24N2/c1-10(2)8-15-9-13-6-7-14(11(3)4)16-12(13)5/h6-7,10-11,15H,8-9H2,1-5H3. The van der Waals surface area contributed by atoms with Crippen molar-refractivity contribution in [3.05, 3.63) is 29.1 Å². The van der Waals surface area contributed by atoms with Crippen LogP contribution in [-0.2, 0) is 6.54 Å². The van der Waals surface area contributed by atoms with Gasteiger partial charge in [0.2, 0.25) is 0 Å². The molecule has 1 rings (SSSR count). The van der Waals surface area contributed by atoms with Gasteiger partial charge in [0.25, 0.3) is 0 Å². The largest absolute Gasteiger partial charge is 0.312 e. The van der Waals surface area contributed by atoms with Crippen molar-refractivity contribution in [1.82, 2.24) is 10.3 Å². The molecule has 0 atom stereocenters. The minimum absolute atomic E-state index is 0.511. The van der Waals surface area contributed by atoms with Crippen LogP contribution in [-0.4, -0.2) is 11.5 Å². The quantitative estimate of drug-likeness (QED) is 0.824. The Kier molecular flexibility index (Phi) is 4.94. The van der Waals surface area contributed by atoms with Crippen LogP contribution in [0.5, 0.6) is 0 Å². The van der Waals surface area contributed by atoms with Crippen LogP contribution in [0.1, 0.15) is 50.6 Å². The minimum Gasteiger partial charge on any atom is -0.312 e. The molecule has 2 heteroatoms. The molecule has 1 aromatic heterocycles. The molecule has 0 amide bonds. The third-order valence-electron chi connectivity index (χ3n) is 2.68. The number of nitrogens with zero attached hydrogens (tertiary/aromatic N) is 1. The number of pyridine rings is 1. The third kappa shape index (κ3) is 3.93. The molecule has 0 aliphatic carbocycles. The maximum absolute atomic E-state index is 4.63. The first-order chi connectivity index (χ1) is 7.50. The van der Waals surface area contributed by atoms with Gasteiger partial charge in [0.1, 0.15) is 0 Å². The summed E-state index contributed by atoms with van der Waals surface area (Å²) in [6, 6.07) is 4.34. The third-order valence-corrected chi connectivity index (χ3v) is 2.68. The second-order valence-electron chi connectivity index (χ2n) is 5.16. The van der Waals surface area contributed by atoms with Crippen LogP contribution >= 0.6 is 0 Å². The molecule has 0 aromatic carbocycles. The van der Waals surface area contributed by atoms with Crippen LogP contribution in [0.4, 0.5) is 0 Å². The Labute approximate surface area is 99.5 Å². The van der Waals surface area contributed by atoms with Crippen molar-refractivity contribution < 1.29 is 0 Å². The van der Waals surface area contributed by atoms with Crippen molar-refractivity contribution in [2.75, 3.05) is 6.54 Å². The molecule has 0 aliphatic heterocycles. The molecule has 1 heterocycles. The van der Waals surface area contributed by atoms with E-state index in [9.17, 15) is 0 Å². The maximum atomic E-state index is 4.63. The number of hydrogen-bond acceptors (Lipinski definition) is 2. The second-order valence-corrected chi connectivity index (χ2v) is 5.16. The van der Waals surface area contributed by atoms with Gasteiger partial charge >= 0.3 is 0 Å². The van der Waals surface area contributed by atoms with E-state index < -0.39 is 0 Å². The zero-order valence-corrected chi connectivity index (χ0v) is 11.2. The molecule has 0 saturated heterocycles. The maximum Gasteiger partial charge on any atom is 0.0432 e. The Balaban J connectivity index is 2.61. The number of aromatic nitrogens is 1. The van der Waals surface area contributed by atoms with E-state index in [0.717, 1.165) is 18.8 Å². The molecule has 0 radical (unpaired) electrons. The lowest BCUT2D eigenvalue weighted by molar-refractivity contribution is 0.550. The first-order valence-electron chi connectivity index (χ1n) is 6.17. The molecule has 0 spiro atoms. The predicted molar refractivity (Wildman–Crippen MR) is 69.6 cm³/mol. The Morgan fingerprint density at radius 1 is 1.19 bits per heavy atom. The normalized spacial score (nSPS) is 11.4. The Morgan fingerprint density at radius 2 is 1.88 bits per heavy atom. The van der Waals surface area contributed by atoms with E-state index >= 15 is 0 Å². The lowest BCUT2D eigenvalue weighted by atomic mass is 10.1. The molecule has 1 N–H and O–H groups in total. The highest BCUT2D eigenvalue weighted by Crippen LogP contribution is 2.14. The van der Waals surface area contributed by atoms with Crippen molar-refractivity contribution >= 4 is 0 Å². The highest BCUT2D eigenvalue weighted by Gasteiger charge is 2.04. The summed E-state index contributed by atoms with van der Waals surface area (Å²) in [5.74, 6) is 1.21. The molecule has 0 aliphatic rings. The first kappa shape index (κ1) is 13.2. The van der Waals surface area contributed by atoms with Crippen LogP contribution < -0.4 is 5.32 Å². The first-order valence-corrected chi connectivity index (χ1v) is 6.17. The number of nitrogens with one attached hydrogen (secondary N) is 1. The van der Waals surface area contributed by atoms with Gasteiger partial charge in [-0.3, -0.25) is 4.98 Å². The van der Waals surface area contributed by atoms with Crippen LogP contribution in [0, 0.1) is 12.8 Å². The van der Waals surface area contributed by atoms with E-state index in [1.807, 2.05) is 0 Å². The van der Waals surface area contributed by atoms with Gasteiger partial charge < -0.3 is 5.32 Å². The molecule has 0 fully saturated rings. The lowest BCUT2D eigenvalue weighted by Gasteiger charge is -2.11. The fourth-order valence-electron chi connectivity index (χ4n) is 1.61. The van der Waals surface area contributed by atoms with Gasteiger partial charge in [-0.25, -0.2) is 0 Å². The highest BCUT2D eigenvalue weighted by molar-refractivity contribution is 5.23.